The summed E-state index contributed by atoms with van der Waals surface area (Å²) in [6.07, 6.45) is 0. The number of likely N-dealkylation sites (tertiary alicyclic amines) is 1. The highest BCUT2D eigenvalue weighted by atomic mass is 16.7. The number of aliphatic hydroxyl groups is 1. The van der Waals surface area contributed by atoms with Gasteiger partial charge >= 0.3 is 5.97 Å². The molecule has 9 nitrogen and oxygen atoms in total. The molecule has 1 fully saturated rings. The van der Waals surface area contributed by atoms with Gasteiger partial charge in [-0.1, -0.05) is 30.3 Å². The fourth-order valence-electron chi connectivity index (χ4n) is 4.41. The van der Waals surface area contributed by atoms with Gasteiger partial charge in [0.15, 0.2) is 11.5 Å². The number of rotatable bonds is 6. The number of ketones is 1. The van der Waals surface area contributed by atoms with Gasteiger partial charge in [0.2, 0.25) is 6.79 Å². The highest BCUT2D eigenvalue weighted by Gasteiger charge is 2.47. The number of carbonyl (C=O) groups is 3. The van der Waals surface area contributed by atoms with Gasteiger partial charge in [0.25, 0.3) is 11.7 Å². The van der Waals surface area contributed by atoms with Gasteiger partial charge in [0.05, 0.1) is 24.3 Å². The van der Waals surface area contributed by atoms with Crippen molar-refractivity contribution in [1.82, 2.24) is 4.90 Å². The predicted molar refractivity (Wildman–Crippen MR) is 127 cm³/mol. The van der Waals surface area contributed by atoms with Crippen LogP contribution in [0.25, 0.3) is 5.76 Å². The number of hydrogen-bond acceptors (Lipinski definition) is 7. The first-order valence-electron chi connectivity index (χ1n) is 11.0. The topological polar surface area (TPSA) is 123 Å². The van der Waals surface area contributed by atoms with E-state index in [0.29, 0.717) is 33.9 Å². The molecule has 1 saturated heterocycles. The molecule has 2 N–H and O–H groups in total. The summed E-state index contributed by atoms with van der Waals surface area (Å²) in [5, 5.41) is 20.5. The maximum Gasteiger partial charge on any atom is 0.335 e. The van der Waals surface area contributed by atoms with E-state index >= 15 is 0 Å². The largest absolute Gasteiger partial charge is 0.507 e. The van der Waals surface area contributed by atoms with Crippen molar-refractivity contribution in [3.8, 4) is 17.2 Å². The van der Waals surface area contributed by atoms with Gasteiger partial charge in [-0.2, -0.15) is 0 Å². The van der Waals surface area contributed by atoms with E-state index in [2.05, 4.69) is 0 Å². The number of carbonyl (C=O) groups excluding carboxylic acids is 2. The molecule has 5 rings (SSSR count). The van der Waals surface area contributed by atoms with Crippen LogP contribution in [0.3, 0.4) is 0 Å². The van der Waals surface area contributed by atoms with E-state index < -0.39 is 23.7 Å². The Morgan fingerprint density at radius 3 is 2.39 bits per heavy atom. The van der Waals surface area contributed by atoms with Gasteiger partial charge in [0.1, 0.15) is 11.5 Å². The maximum absolute atomic E-state index is 13.3. The average Bonchev–Trinajstić information content (AvgIpc) is 3.46. The molecule has 2 aliphatic heterocycles. The standard InChI is InChI=1S/C27H21NO8/c1-34-19-5-3-2-4-18(19)23-22(24(29)17-10-11-20-21(12-17)36-14-35-20)25(30)26(31)28(23)13-15-6-8-16(9-7-15)27(32)33/h2-12,23,29H,13-14H2,1H3,(H,32,33)/b24-22+. The molecule has 0 saturated carbocycles. The van der Waals surface area contributed by atoms with Crippen LogP contribution in [0.1, 0.15) is 33.1 Å². The lowest BCUT2D eigenvalue weighted by Gasteiger charge is -2.26. The minimum absolute atomic E-state index is 0.00507. The van der Waals surface area contributed by atoms with Crippen LogP contribution in [0.4, 0.5) is 0 Å². The Balaban J connectivity index is 1.63. The molecule has 0 spiro atoms. The lowest BCUT2D eigenvalue weighted by molar-refractivity contribution is -0.140. The SMILES string of the molecule is COc1ccccc1C1/C(=C(\O)c2ccc3c(c2)OCO3)C(=O)C(=O)N1Cc1ccc(C(=O)O)cc1. The number of carboxylic acids is 1. The van der Waals surface area contributed by atoms with Crippen molar-refractivity contribution in [2.75, 3.05) is 13.9 Å². The molecule has 0 bridgehead atoms. The normalized spacial score (nSPS) is 17.9. The maximum atomic E-state index is 13.3. The Labute approximate surface area is 205 Å². The number of methoxy groups -OCH3 is 1. The number of benzene rings is 3. The second-order valence-corrected chi connectivity index (χ2v) is 8.24. The predicted octanol–water partition coefficient (Wildman–Crippen LogP) is 3.74. The molecule has 9 heteroatoms. The molecule has 1 amide bonds. The van der Waals surface area contributed by atoms with Gasteiger partial charge in [-0.25, -0.2) is 4.79 Å². The summed E-state index contributed by atoms with van der Waals surface area (Å²) in [6.45, 7) is 0.0525. The second kappa shape index (κ2) is 9.10. The van der Waals surface area contributed by atoms with Crippen LogP contribution in [0.5, 0.6) is 17.2 Å². The van der Waals surface area contributed by atoms with Crippen LogP contribution >= 0.6 is 0 Å². The molecule has 36 heavy (non-hydrogen) atoms. The minimum Gasteiger partial charge on any atom is -0.507 e. The molecule has 2 heterocycles. The third kappa shape index (κ3) is 3.90. The zero-order valence-corrected chi connectivity index (χ0v) is 19.1. The van der Waals surface area contributed by atoms with Gasteiger partial charge in [-0.05, 0) is 42.0 Å². The van der Waals surface area contributed by atoms with Crippen LogP contribution in [0.15, 0.2) is 72.3 Å². The molecule has 0 radical (unpaired) electrons. The number of aromatic carboxylic acids is 1. The Morgan fingerprint density at radius 1 is 0.972 bits per heavy atom. The number of para-hydroxylation sites is 1. The molecule has 0 aliphatic carbocycles. The molecule has 182 valence electrons. The highest BCUT2D eigenvalue weighted by Crippen LogP contribution is 2.44. The highest BCUT2D eigenvalue weighted by molar-refractivity contribution is 6.46. The van der Waals surface area contributed by atoms with Gasteiger partial charge < -0.3 is 29.3 Å². The van der Waals surface area contributed by atoms with Crippen LogP contribution in [-0.4, -0.2) is 46.7 Å². The van der Waals surface area contributed by atoms with Crippen LogP contribution in [0.2, 0.25) is 0 Å². The Kier molecular flexibility index (Phi) is 5.81. The summed E-state index contributed by atoms with van der Waals surface area (Å²) in [5.41, 5.74) is 1.44. The number of carboxylic acid groups (broad SMARTS) is 1. The summed E-state index contributed by atoms with van der Waals surface area (Å²) < 4.78 is 16.2. The van der Waals surface area contributed by atoms with Crippen molar-refractivity contribution in [3.05, 3.63) is 94.6 Å². The Hall–Kier alpha value is -4.79. The lowest BCUT2D eigenvalue weighted by atomic mass is 9.94. The fraction of sp³-hybridized carbons (Fsp3) is 0.148. The van der Waals surface area contributed by atoms with Crippen LogP contribution in [0, 0.1) is 0 Å². The molecule has 0 aromatic heterocycles. The number of fused-ring (bicyclic) bond motifs is 1. The van der Waals surface area contributed by atoms with E-state index in [1.54, 1.807) is 54.6 Å². The van der Waals surface area contributed by atoms with Crippen molar-refractivity contribution in [3.63, 3.8) is 0 Å². The number of Topliss-reactive ketones (excluding diaryl/α,β-unsaturated/α-hetero) is 1. The average molecular weight is 487 g/mol. The van der Waals surface area contributed by atoms with Gasteiger partial charge in [-0.3, -0.25) is 9.59 Å². The zero-order chi connectivity index (χ0) is 25.4. The van der Waals surface area contributed by atoms with Crippen molar-refractivity contribution in [2.45, 2.75) is 12.6 Å². The zero-order valence-electron chi connectivity index (χ0n) is 19.1. The van der Waals surface area contributed by atoms with E-state index in [0.717, 1.165) is 0 Å². The van der Waals surface area contributed by atoms with Crippen LogP contribution in [-0.2, 0) is 16.1 Å². The first kappa shape index (κ1) is 23.0. The van der Waals surface area contributed by atoms with E-state index in [4.69, 9.17) is 14.2 Å². The summed E-state index contributed by atoms with van der Waals surface area (Å²) >= 11 is 0. The molecule has 1 atom stereocenters. The molecule has 2 aliphatic rings. The van der Waals surface area contributed by atoms with Crippen molar-refractivity contribution in [1.29, 1.82) is 0 Å². The Morgan fingerprint density at radius 2 is 1.67 bits per heavy atom. The third-order valence-electron chi connectivity index (χ3n) is 6.17. The quantitative estimate of drug-likeness (QED) is 0.306. The van der Waals surface area contributed by atoms with Gasteiger partial charge in [-0.15, -0.1) is 0 Å². The van der Waals surface area contributed by atoms with E-state index in [9.17, 15) is 24.6 Å². The summed E-state index contributed by atoms with van der Waals surface area (Å²) in [7, 11) is 1.48. The monoisotopic (exact) mass is 487 g/mol. The summed E-state index contributed by atoms with van der Waals surface area (Å²) in [4.78, 5) is 39.1. The smallest absolute Gasteiger partial charge is 0.335 e. The number of ether oxygens (including phenoxy) is 3. The molecule has 3 aromatic carbocycles. The second-order valence-electron chi connectivity index (χ2n) is 8.24. The number of hydrogen-bond donors (Lipinski definition) is 2. The lowest BCUT2D eigenvalue weighted by Crippen LogP contribution is -2.29. The molecule has 1 unspecified atom stereocenters. The van der Waals surface area contributed by atoms with Crippen molar-refractivity contribution >= 4 is 23.4 Å². The first-order chi connectivity index (χ1) is 17.4. The van der Waals surface area contributed by atoms with Crippen LogP contribution < -0.4 is 14.2 Å². The summed E-state index contributed by atoms with van der Waals surface area (Å²) in [6, 6.07) is 16.8. The molecular weight excluding hydrogens is 466 g/mol. The van der Waals surface area contributed by atoms with E-state index in [1.165, 1.54) is 24.1 Å². The van der Waals surface area contributed by atoms with Gasteiger partial charge in [0, 0.05) is 17.7 Å². The van der Waals surface area contributed by atoms with E-state index in [-0.39, 0.29) is 30.2 Å². The Bertz CT molecular complexity index is 1410. The first-order valence-corrected chi connectivity index (χ1v) is 11.0. The third-order valence-corrected chi connectivity index (χ3v) is 6.17. The molecular formula is C27H21NO8. The number of nitrogens with zero attached hydrogens (tertiary/aromatic N) is 1. The minimum atomic E-state index is -1.07. The van der Waals surface area contributed by atoms with Crippen molar-refractivity contribution in [2.24, 2.45) is 0 Å². The van der Waals surface area contributed by atoms with Crippen molar-refractivity contribution < 1.29 is 38.8 Å². The fourth-order valence-corrected chi connectivity index (χ4v) is 4.41. The number of aliphatic hydroxyl groups excluding tert-OH is 1. The van der Waals surface area contributed by atoms with E-state index in [1.807, 2.05) is 0 Å². The summed E-state index contributed by atoms with van der Waals surface area (Å²) in [5.74, 6) is -1.70. The number of amides is 1. The molecule has 3 aromatic rings.